The molecule has 1 saturated carbocycles. The molecule has 3 N–H and O–H groups in total. The van der Waals surface area contributed by atoms with Crippen molar-refractivity contribution in [2.75, 3.05) is 6.54 Å². The smallest absolute Gasteiger partial charge is 0.0219 e. The zero-order valence-electron chi connectivity index (χ0n) is 8.89. The van der Waals surface area contributed by atoms with Gasteiger partial charge in [0.05, 0.1) is 0 Å². The maximum atomic E-state index is 6.03. The van der Waals surface area contributed by atoms with Gasteiger partial charge in [0.15, 0.2) is 0 Å². The van der Waals surface area contributed by atoms with E-state index in [0.29, 0.717) is 12.1 Å². The largest absolute Gasteiger partial charge is 0.326 e. The van der Waals surface area contributed by atoms with Gasteiger partial charge in [-0.3, -0.25) is 0 Å². The summed E-state index contributed by atoms with van der Waals surface area (Å²) in [4.78, 5) is 0. The molecule has 0 aromatic heterocycles. The summed E-state index contributed by atoms with van der Waals surface area (Å²) in [6.45, 7) is 3.40. The van der Waals surface area contributed by atoms with Crippen molar-refractivity contribution in [1.29, 1.82) is 0 Å². The molecule has 1 aliphatic rings. The third-order valence-corrected chi connectivity index (χ3v) is 3.01. The number of unbranched alkanes of at least 4 members (excludes halogenated alkanes) is 2. The maximum Gasteiger partial charge on any atom is 0.0219 e. The molecular weight excluding hydrogens is 160 g/mol. The molecule has 1 fully saturated rings. The van der Waals surface area contributed by atoms with E-state index in [4.69, 9.17) is 5.73 Å². The van der Waals surface area contributed by atoms with Crippen LogP contribution >= 0.6 is 0 Å². The highest BCUT2D eigenvalue weighted by molar-refractivity contribution is 4.83. The van der Waals surface area contributed by atoms with Crippen molar-refractivity contribution in [3.05, 3.63) is 0 Å². The Bertz CT molecular complexity index is 125. The first-order valence-corrected chi connectivity index (χ1v) is 5.83. The average molecular weight is 184 g/mol. The predicted molar refractivity (Wildman–Crippen MR) is 57.8 cm³/mol. The van der Waals surface area contributed by atoms with Crippen molar-refractivity contribution in [3.8, 4) is 0 Å². The van der Waals surface area contributed by atoms with Crippen molar-refractivity contribution >= 4 is 0 Å². The van der Waals surface area contributed by atoms with Crippen molar-refractivity contribution in [2.24, 2.45) is 5.73 Å². The van der Waals surface area contributed by atoms with Crippen LogP contribution < -0.4 is 11.1 Å². The van der Waals surface area contributed by atoms with Crippen LogP contribution in [0.4, 0.5) is 0 Å². The Morgan fingerprint density at radius 2 is 2.00 bits per heavy atom. The highest BCUT2D eigenvalue weighted by Gasteiger charge is 2.20. The topological polar surface area (TPSA) is 38.0 Å². The van der Waals surface area contributed by atoms with Gasteiger partial charge >= 0.3 is 0 Å². The van der Waals surface area contributed by atoms with Gasteiger partial charge in [0.25, 0.3) is 0 Å². The van der Waals surface area contributed by atoms with E-state index < -0.39 is 0 Å². The molecule has 0 bridgehead atoms. The molecule has 0 spiro atoms. The molecule has 0 aliphatic heterocycles. The second-order valence-corrected chi connectivity index (χ2v) is 4.22. The van der Waals surface area contributed by atoms with Crippen molar-refractivity contribution in [1.82, 2.24) is 5.32 Å². The summed E-state index contributed by atoms with van der Waals surface area (Å²) < 4.78 is 0. The lowest BCUT2D eigenvalue weighted by atomic mass is 9.91. The fraction of sp³-hybridized carbons (Fsp3) is 1.00. The lowest BCUT2D eigenvalue weighted by molar-refractivity contribution is 0.326. The SMILES string of the molecule is CCCCCNC1CCCCC1N. The van der Waals surface area contributed by atoms with Gasteiger partial charge in [0, 0.05) is 12.1 Å². The predicted octanol–water partition coefficient (Wildman–Crippen LogP) is 2.04. The Morgan fingerprint density at radius 1 is 1.23 bits per heavy atom. The Balaban J connectivity index is 2.05. The monoisotopic (exact) mass is 184 g/mol. The van der Waals surface area contributed by atoms with E-state index in [0.717, 1.165) is 6.54 Å². The average Bonchev–Trinajstić information content (AvgIpc) is 2.15. The fourth-order valence-corrected chi connectivity index (χ4v) is 2.08. The fourth-order valence-electron chi connectivity index (χ4n) is 2.08. The molecule has 13 heavy (non-hydrogen) atoms. The summed E-state index contributed by atoms with van der Waals surface area (Å²) >= 11 is 0. The summed E-state index contributed by atoms with van der Waals surface area (Å²) in [6.07, 6.45) is 9.14. The normalized spacial score (nSPS) is 29.1. The number of nitrogens with one attached hydrogen (secondary N) is 1. The van der Waals surface area contributed by atoms with Crippen LogP contribution in [-0.2, 0) is 0 Å². The minimum Gasteiger partial charge on any atom is -0.326 e. The third kappa shape index (κ3) is 4.10. The second kappa shape index (κ2) is 6.39. The van der Waals surface area contributed by atoms with Gasteiger partial charge in [-0.15, -0.1) is 0 Å². The number of nitrogens with two attached hydrogens (primary N) is 1. The van der Waals surface area contributed by atoms with Crippen molar-refractivity contribution < 1.29 is 0 Å². The first-order chi connectivity index (χ1) is 6.34. The molecule has 0 amide bonds. The van der Waals surface area contributed by atoms with Crippen LogP contribution in [0.25, 0.3) is 0 Å². The standard InChI is InChI=1S/C11H24N2/c1-2-3-6-9-13-11-8-5-4-7-10(11)12/h10-11,13H,2-9,12H2,1H3. The number of hydrogen-bond acceptors (Lipinski definition) is 2. The van der Waals surface area contributed by atoms with Gasteiger partial charge in [0.2, 0.25) is 0 Å². The van der Waals surface area contributed by atoms with Gasteiger partial charge in [-0.2, -0.15) is 0 Å². The van der Waals surface area contributed by atoms with Crippen molar-refractivity contribution in [2.45, 2.75) is 64.0 Å². The van der Waals surface area contributed by atoms with Crippen molar-refractivity contribution in [3.63, 3.8) is 0 Å². The zero-order chi connectivity index (χ0) is 9.52. The lowest BCUT2D eigenvalue weighted by Crippen LogP contribution is -2.47. The molecule has 0 saturated heterocycles. The van der Waals surface area contributed by atoms with Gasteiger partial charge in [0.1, 0.15) is 0 Å². The van der Waals surface area contributed by atoms with E-state index >= 15 is 0 Å². The van der Waals surface area contributed by atoms with Gasteiger partial charge in [-0.25, -0.2) is 0 Å². The Kier molecular flexibility index (Phi) is 5.40. The second-order valence-electron chi connectivity index (χ2n) is 4.22. The minimum atomic E-state index is 0.412. The van der Waals surface area contributed by atoms with Crippen LogP contribution in [0.5, 0.6) is 0 Å². The van der Waals surface area contributed by atoms with Gasteiger partial charge in [-0.05, 0) is 25.8 Å². The van der Waals surface area contributed by atoms with Gasteiger partial charge < -0.3 is 11.1 Å². The highest BCUT2D eigenvalue weighted by atomic mass is 14.9. The molecule has 0 heterocycles. The van der Waals surface area contributed by atoms with E-state index in [9.17, 15) is 0 Å². The molecule has 1 aliphatic carbocycles. The van der Waals surface area contributed by atoms with Gasteiger partial charge in [-0.1, -0.05) is 32.6 Å². The van der Waals surface area contributed by atoms with Crippen LogP contribution in [0, 0.1) is 0 Å². The van der Waals surface area contributed by atoms with Crippen LogP contribution in [0.2, 0.25) is 0 Å². The first-order valence-electron chi connectivity index (χ1n) is 5.83. The molecule has 2 atom stereocenters. The minimum absolute atomic E-state index is 0.412. The van der Waals surface area contributed by atoms with Crippen LogP contribution in [0.3, 0.4) is 0 Å². The molecule has 0 aromatic rings. The number of hydrogen-bond donors (Lipinski definition) is 2. The van der Waals surface area contributed by atoms with Crippen LogP contribution in [0.15, 0.2) is 0 Å². The molecule has 0 aromatic carbocycles. The Morgan fingerprint density at radius 3 is 2.69 bits per heavy atom. The Hall–Kier alpha value is -0.0800. The van der Waals surface area contributed by atoms with E-state index in [1.165, 1.54) is 44.9 Å². The first kappa shape index (κ1) is 11.0. The molecule has 0 radical (unpaired) electrons. The molecule has 2 nitrogen and oxygen atoms in total. The molecule has 2 heteroatoms. The van der Waals surface area contributed by atoms with E-state index in [1.54, 1.807) is 0 Å². The Labute approximate surface area is 82.3 Å². The molecule has 1 rings (SSSR count). The van der Waals surface area contributed by atoms with E-state index in [-0.39, 0.29) is 0 Å². The molecule has 2 unspecified atom stereocenters. The van der Waals surface area contributed by atoms with E-state index in [1.807, 2.05) is 0 Å². The summed E-state index contributed by atoms with van der Waals surface area (Å²) in [5.41, 5.74) is 6.03. The maximum absolute atomic E-state index is 6.03. The van der Waals surface area contributed by atoms with Crippen LogP contribution in [-0.4, -0.2) is 18.6 Å². The summed E-state index contributed by atoms with van der Waals surface area (Å²) in [6, 6.07) is 1.01. The summed E-state index contributed by atoms with van der Waals surface area (Å²) in [7, 11) is 0. The lowest BCUT2D eigenvalue weighted by Gasteiger charge is -2.29. The highest BCUT2D eigenvalue weighted by Crippen LogP contribution is 2.16. The summed E-state index contributed by atoms with van der Waals surface area (Å²) in [5, 5.41) is 3.58. The van der Waals surface area contributed by atoms with Crippen LogP contribution in [0.1, 0.15) is 51.9 Å². The van der Waals surface area contributed by atoms with E-state index in [2.05, 4.69) is 12.2 Å². The summed E-state index contributed by atoms with van der Waals surface area (Å²) in [5.74, 6) is 0. The zero-order valence-corrected chi connectivity index (χ0v) is 8.89. The third-order valence-electron chi connectivity index (χ3n) is 3.01. The molecule has 78 valence electrons. The molecular formula is C11H24N2. The quantitative estimate of drug-likeness (QED) is 0.642. The number of rotatable bonds is 5.